The largest absolute Gasteiger partial charge is 0.490 e. The summed E-state index contributed by atoms with van der Waals surface area (Å²) in [5.41, 5.74) is 7.05. The van der Waals surface area contributed by atoms with Crippen LogP contribution in [0.4, 0.5) is 0 Å². The summed E-state index contributed by atoms with van der Waals surface area (Å²) < 4.78 is 5.83. The van der Waals surface area contributed by atoms with Crippen molar-refractivity contribution in [3.05, 3.63) is 29.8 Å². The number of nitrogens with two attached hydrogens (primary N) is 1. The van der Waals surface area contributed by atoms with Crippen molar-refractivity contribution < 1.29 is 4.74 Å². The molecule has 0 fully saturated rings. The smallest absolute Gasteiger partial charge is 0.123 e. The van der Waals surface area contributed by atoms with Gasteiger partial charge in [-0.1, -0.05) is 18.2 Å². The van der Waals surface area contributed by atoms with Crippen LogP contribution in [0.15, 0.2) is 24.3 Å². The summed E-state index contributed by atoms with van der Waals surface area (Å²) >= 11 is 0. The number of benzene rings is 1. The monoisotopic (exact) mass is 191 g/mol. The number of ether oxygens (including phenoxy) is 1. The molecule has 0 aliphatic carbocycles. The summed E-state index contributed by atoms with van der Waals surface area (Å²) in [5.74, 6) is 1.49. The lowest BCUT2D eigenvalue weighted by Crippen LogP contribution is -2.12. The van der Waals surface area contributed by atoms with E-state index in [2.05, 4.69) is 19.1 Å². The van der Waals surface area contributed by atoms with E-state index in [-0.39, 0.29) is 0 Å². The van der Waals surface area contributed by atoms with Crippen molar-refractivity contribution in [3.63, 3.8) is 0 Å². The first-order chi connectivity index (χ1) is 6.81. The lowest BCUT2D eigenvalue weighted by molar-refractivity contribution is 0.215. The van der Waals surface area contributed by atoms with Crippen LogP contribution in [-0.2, 0) is 0 Å². The molecular weight excluding hydrogens is 174 g/mol. The van der Waals surface area contributed by atoms with Gasteiger partial charge >= 0.3 is 0 Å². The Bertz CT molecular complexity index is 311. The van der Waals surface area contributed by atoms with E-state index < -0.39 is 0 Å². The molecule has 2 nitrogen and oxygen atoms in total. The molecule has 2 rings (SSSR count). The summed E-state index contributed by atoms with van der Waals surface area (Å²) in [6.07, 6.45) is 2.54. The van der Waals surface area contributed by atoms with Crippen molar-refractivity contribution in [2.24, 2.45) is 5.73 Å². The van der Waals surface area contributed by atoms with Gasteiger partial charge in [-0.3, -0.25) is 0 Å². The summed E-state index contributed by atoms with van der Waals surface area (Å²) in [4.78, 5) is 0. The second kappa shape index (κ2) is 4.01. The van der Waals surface area contributed by atoms with Gasteiger partial charge in [0, 0.05) is 0 Å². The second-order valence-corrected chi connectivity index (χ2v) is 3.98. The van der Waals surface area contributed by atoms with Gasteiger partial charge in [-0.05, 0) is 43.9 Å². The molecule has 0 saturated heterocycles. The summed E-state index contributed by atoms with van der Waals surface area (Å²) in [6.45, 7) is 2.84. The Balaban J connectivity index is 2.36. The average Bonchev–Trinajstić information content (AvgIpc) is 2.36. The lowest BCUT2D eigenvalue weighted by atomic mass is 9.94. The van der Waals surface area contributed by atoms with Gasteiger partial charge in [0.25, 0.3) is 0 Å². The fourth-order valence-corrected chi connectivity index (χ4v) is 2.04. The minimum Gasteiger partial charge on any atom is -0.490 e. The first-order valence-corrected chi connectivity index (χ1v) is 5.27. The van der Waals surface area contributed by atoms with Gasteiger partial charge in [0.05, 0.1) is 6.10 Å². The normalized spacial score (nSPS) is 26.1. The van der Waals surface area contributed by atoms with Crippen LogP contribution in [0.2, 0.25) is 0 Å². The molecule has 0 bridgehead atoms. The Morgan fingerprint density at radius 3 is 2.93 bits per heavy atom. The lowest BCUT2D eigenvalue weighted by Gasteiger charge is -2.14. The highest BCUT2D eigenvalue weighted by atomic mass is 16.5. The van der Waals surface area contributed by atoms with E-state index in [4.69, 9.17) is 10.5 Å². The Morgan fingerprint density at radius 1 is 1.36 bits per heavy atom. The quantitative estimate of drug-likeness (QED) is 0.739. The van der Waals surface area contributed by atoms with E-state index in [9.17, 15) is 0 Å². The van der Waals surface area contributed by atoms with Crippen molar-refractivity contribution in [2.45, 2.75) is 31.8 Å². The predicted octanol–water partition coefficient (Wildman–Crippen LogP) is 2.29. The molecule has 1 aromatic carbocycles. The molecule has 2 unspecified atom stereocenters. The predicted molar refractivity (Wildman–Crippen MR) is 57.6 cm³/mol. The molecule has 2 heteroatoms. The van der Waals surface area contributed by atoms with Crippen LogP contribution in [0.25, 0.3) is 0 Å². The standard InChI is InChI=1S/C12H17NO/c1-9-6-7-10(8-13)11-4-2-3-5-12(11)14-9/h2-5,9-10H,6-8,13H2,1H3. The van der Waals surface area contributed by atoms with Crippen LogP contribution in [0.3, 0.4) is 0 Å². The topological polar surface area (TPSA) is 35.2 Å². The highest BCUT2D eigenvalue weighted by Crippen LogP contribution is 2.33. The van der Waals surface area contributed by atoms with Crippen LogP contribution in [-0.4, -0.2) is 12.6 Å². The molecule has 1 aliphatic heterocycles. The number of rotatable bonds is 1. The van der Waals surface area contributed by atoms with Gasteiger partial charge in [0.1, 0.15) is 5.75 Å². The molecular formula is C12H17NO. The minimum absolute atomic E-state index is 0.313. The first-order valence-electron chi connectivity index (χ1n) is 5.27. The van der Waals surface area contributed by atoms with Crippen LogP contribution in [0.1, 0.15) is 31.2 Å². The maximum Gasteiger partial charge on any atom is 0.123 e. The third-order valence-corrected chi connectivity index (χ3v) is 2.89. The van der Waals surface area contributed by atoms with Gasteiger partial charge in [-0.15, -0.1) is 0 Å². The average molecular weight is 191 g/mol. The van der Waals surface area contributed by atoms with E-state index in [1.165, 1.54) is 5.56 Å². The fraction of sp³-hybridized carbons (Fsp3) is 0.500. The van der Waals surface area contributed by atoms with Gasteiger partial charge in [0.2, 0.25) is 0 Å². The molecule has 1 aromatic rings. The molecule has 2 N–H and O–H groups in total. The van der Waals surface area contributed by atoms with Crippen LogP contribution in [0, 0.1) is 0 Å². The highest BCUT2D eigenvalue weighted by Gasteiger charge is 2.20. The maximum absolute atomic E-state index is 5.83. The van der Waals surface area contributed by atoms with E-state index in [1.807, 2.05) is 12.1 Å². The zero-order chi connectivity index (χ0) is 9.97. The zero-order valence-corrected chi connectivity index (χ0v) is 8.57. The Hall–Kier alpha value is -1.02. The first kappa shape index (κ1) is 9.53. The van der Waals surface area contributed by atoms with Crippen molar-refractivity contribution in [2.75, 3.05) is 6.54 Å². The van der Waals surface area contributed by atoms with E-state index in [1.54, 1.807) is 0 Å². The van der Waals surface area contributed by atoms with Gasteiger partial charge in [0.15, 0.2) is 0 Å². The highest BCUT2D eigenvalue weighted by molar-refractivity contribution is 5.37. The van der Waals surface area contributed by atoms with Crippen LogP contribution >= 0.6 is 0 Å². The molecule has 76 valence electrons. The van der Waals surface area contributed by atoms with Crippen molar-refractivity contribution >= 4 is 0 Å². The van der Waals surface area contributed by atoms with E-state index >= 15 is 0 Å². The molecule has 0 aromatic heterocycles. The Labute approximate surface area is 85.1 Å². The molecule has 0 saturated carbocycles. The second-order valence-electron chi connectivity index (χ2n) is 3.98. The number of para-hydroxylation sites is 1. The summed E-state index contributed by atoms with van der Waals surface area (Å²) in [6, 6.07) is 8.25. The summed E-state index contributed by atoms with van der Waals surface area (Å²) in [5, 5.41) is 0. The third-order valence-electron chi connectivity index (χ3n) is 2.89. The molecule has 2 atom stereocenters. The van der Waals surface area contributed by atoms with Gasteiger partial charge in [-0.25, -0.2) is 0 Å². The van der Waals surface area contributed by atoms with Crippen molar-refractivity contribution in [3.8, 4) is 5.75 Å². The van der Waals surface area contributed by atoms with E-state index in [0.717, 1.165) is 18.6 Å². The molecule has 0 amide bonds. The Kier molecular flexibility index (Phi) is 2.73. The minimum atomic E-state index is 0.313. The molecule has 0 radical (unpaired) electrons. The van der Waals surface area contributed by atoms with Crippen molar-refractivity contribution in [1.29, 1.82) is 0 Å². The summed E-state index contributed by atoms with van der Waals surface area (Å²) in [7, 11) is 0. The zero-order valence-electron chi connectivity index (χ0n) is 8.57. The Morgan fingerprint density at radius 2 is 2.14 bits per heavy atom. The van der Waals surface area contributed by atoms with Crippen molar-refractivity contribution in [1.82, 2.24) is 0 Å². The van der Waals surface area contributed by atoms with Crippen LogP contribution in [0.5, 0.6) is 5.75 Å². The van der Waals surface area contributed by atoms with Gasteiger partial charge in [-0.2, -0.15) is 0 Å². The fourth-order valence-electron chi connectivity index (χ4n) is 2.04. The van der Waals surface area contributed by atoms with E-state index in [0.29, 0.717) is 18.6 Å². The third kappa shape index (κ3) is 1.75. The van der Waals surface area contributed by atoms with Gasteiger partial charge < -0.3 is 10.5 Å². The number of fused-ring (bicyclic) bond motifs is 1. The SMILES string of the molecule is CC1CCC(CN)c2ccccc2O1. The van der Waals surface area contributed by atoms with Crippen LogP contribution < -0.4 is 10.5 Å². The molecule has 14 heavy (non-hydrogen) atoms. The molecule has 1 heterocycles. The molecule has 0 spiro atoms. The number of hydrogen-bond donors (Lipinski definition) is 1. The maximum atomic E-state index is 5.83. The molecule has 1 aliphatic rings. The number of hydrogen-bond acceptors (Lipinski definition) is 2.